The highest BCUT2D eigenvalue weighted by Gasteiger charge is 2.42. The van der Waals surface area contributed by atoms with E-state index in [9.17, 15) is 9.59 Å². The first-order valence-electron chi connectivity index (χ1n) is 7.44. The maximum absolute atomic E-state index is 12.9. The molecule has 2 aromatic carbocycles. The van der Waals surface area contributed by atoms with E-state index in [0.717, 1.165) is 21.4 Å². The fourth-order valence-corrected chi connectivity index (χ4v) is 3.67. The second-order valence-corrected chi connectivity index (χ2v) is 6.55. The zero-order valence-corrected chi connectivity index (χ0v) is 13.9. The first kappa shape index (κ1) is 15.2. The lowest BCUT2D eigenvalue weighted by Crippen LogP contribution is -2.30. The van der Waals surface area contributed by atoms with Gasteiger partial charge < -0.3 is 4.98 Å². The van der Waals surface area contributed by atoms with Crippen LogP contribution in [0.3, 0.4) is 0 Å². The van der Waals surface area contributed by atoms with Gasteiger partial charge in [-0.15, -0.1) is 0 Å². The number of para-hydroxylation sites is 1. The number of rotatable bonds is 2. The van der Waals surface area contributed by atoms with Gasteiger partial charge in [0, 0.05) is 28.5 Å². The number of imide groups is 1. The Hall–Kier alpha value is -2.30. The van der Waals surface area contributed by atoms with Crippen LogP contribution < -0.4 is 4.90 Å². The van der Waals surface area contributed by atoms with E-state index < -0.39 is 5.92 Å². The number of amides is 2. The highest BCUT2D eigenvalue weighted by atomic mass is 35.5. The number of anilines is 1. The summed E-state index contributed by atoms with van der Waals surface area (Å²) in [5.74, 6) is -1.05. The highest BCUT2D eigenvalue weighted by molar-refractivity contribution is 6.38. The molecule has 1 aromatic heterocycles. The lowest BCUT2D eigenvalue weighted by molar-refractivity contribution is -0.121. The molecule has 1 saturated heterocycles. The van der Waals surface area contributed by atoms with Crippen molar-refractivity contribution in [1.29, 1.82) is 0 Å². The Morgan fingerprint density at radius 3 is 2.67 bits per heavy atom. The van der Waals surface area contributed by atoms with E-state index in [2.05, 4.69) is 4.98 Å². The minimum Gasteiger partial charge on any atom is -0.361 e. The average molecular weight is 359 g/mol. The first-order chi connectivity index (χ1) is 11.6. The molecule has 24 heavy (non-hydrogen) atoms. The number of benzene rings is 2. The van der Waals surface area contributed by atoms with Crippen LogP contribution in [0.1, 0.15) is 17.9 Å². The Labute approximate surface area is 148 Å². The Kier molecular flexibility index (Phi) is 3.59. The molecule has 1 aliphatic rings. The van der Waals surface area contributed by atoms with Gasteiger partial charge >= 0.3 is 0 Å². The van der Waals surface area contributed by atoms with Crippen LogP contribution in [0.5, 0.6) is 0 Å². The molecule has 4 rings (SSSR count). The number of carbonyl (C=O) groups is 2. The van der Waals surface area contributed by atoms with E-state index in [1.807, 2.05) is 24.3 Å². The standard InChI is InChI=1S/C18H12Cl2N2O2/c19-10-5-6-16(14(20)7-10)22-17(23)8-12(18(22)24)13-9-21-15-4-2-1-3-11(13)15/h1-7,9,12,21H,8H2. The molecule has 4 nitrogen and oxygen atoms in total. The summed E-state index contributed by atoms with van der Waals surface area (Å²) in [7, 11) is 0. The van der Waals surface area contributed by atoms with Crippen LogP contribution in [-0.2, 0) is 9.59 Å². The second kappa shape index (κ2) is 5.65. The number of aromatic nitrogens is 1. The van der Waals surface area contributed by atoms with Crippen molar-refractivity contribution in [1.82, 2.24) is 4.98 Å². The number of H-pyrrole nitrogens is 1. The van der Waals surface area contributed by atoms with Crippen LogP contribution in [-0.4, -0.2) is 16.8 Å². The molecule has 0 spiro atoms. The predicted octanol–water partition coefficient (Wildman–Crippen LogP) is 4.52. The fourth-order valence-electron chi connectivity index (χ4n) is 3.17. The molecule has 0 aliphatic carbocycles. The van der Waals surface area contributed by atoms with Crippen LogP contribution >= 0.6 is 23.2 Å². The lowest BCUT2D eigenvalue weighted by Gasteiger charge is -2.16. The molecule has 1 unspecified atom stereocenters. The first-order valence-corrected chi connectivity index (χ1v) is 8.19. The number of aromatic amines is 1. The number of nitrogens with zero attached hydrogens (tertiary/aromatic N) is 1. The molecule has 2 heterocycles. The van der Waals surface area contributed by atoms with Gasteiger partial charge in [0.05, 0.1) is 16.6 Å². The van der Waals surface area contributed by atoms with Crippen LogP contribution in [0.4, 0.5) is 5.69 Å². The van der Waals surface area contributed by atoms with Crippen molar-refractivity contribution in [3.05, 3.63) is 64.3 Å². The van der Waals surface area contributed by atoms with Crippen molar-refractivity contribution in [2.24, 2.45) is 0 Å². The van der Waals surface area contributed by atoms with Crippen molar-refractivity contribution in [2.45, 2.75) is 12.3 Å². The number of carbonyl (C=O) groups excluding carboxylic acids is 2. The average Bonchev–Trinajstić information content (AvgIpc) is 3.10. The smallest absolute Gasteiger partial charge is 0.241 e. The number of hydrogen-bond donors (Lipinski definition) is 1. The number of fused-ring (bicyclic) bond motifs is 1. The van der Waals surface area contributed by atoms with Gasteiger partial charge in [-0.25, -0.2) is 4.90 Å². The predicted molar refractivity (Wildman–Crippen MR) is 94.6 cm³/mol. The Bertz CT molecular complexity index is 980. The third-order valence-corrected chi connectivity index (χ3v) is 4.83. The molecular formula is C18H12Cl2N2O2. The summed E-state index contributed by atoms with van der Waals surface area (Å²) in [4.78, 5) is 29.7. The molecule has 0 saturated carbocycles. The molecule has 1 aliphatic heterocycles. The number of nitrogens with one attached hydrogen (secondary N) is 1. The summed E-state index contributed by atoms with van der Waals surface area (Å²) in [6, 6.07) is 12.4. The van der Waals surface area contributed by atoms with Gasteiger partial charge in [0.2, 0.25) is 11.8 Å². The van der Waals surface area contributed by atoms with Crippen molar-refractivity contribution >= 4 is 51.6 Å². The lowest BCUT2D eigenvalue weighted by atomic mass is 9.97. The van der Waals surface area contributed by atoms with Crippen molar-refractivity contribution < 1.29 is 9.59 Å². The SMILES string of the molecule is O=C1CC(c2c[nH]c3ccccc23)C(=O)N1c1ccc(Cl)cc1Cl. The number of halogens is 2. The van der Waals surface area contributed by atoms with Crippen molar-refractivity contribution in [2.75, 3.05) is 4.90 Å². The van der Waals surface area contributed by atoms with Gasteiger partial charge in [-0.05, 0) is 29.8 Å². The molecule has 1 N–H and O–H groups in total. The van der Waals surface area contributed by atoms with E-state index in [4.69, 9.17) is 23.2 Å². The summed E-state index contributed by atoms with van der Waals surface area (Å²) < 4.78 is 0. The van der Waals surface area contributed by atoms with E-state index in [1.165, 1.54) is 6.07 Å². The summed E-state index contributed by atoms with van der Waals surface area (Å²) in [5.41, 5.74) is 2.14. The Morgan fingerprint density at radius 1 is 1.08 bits per heavy atom. The maximum Gasteiger partial charge on any atom is 0.241 e. The van der Waals surface area contributed by atoms with Crippen LogP contribution in [0, 0.1) is 0 Å². The topological polar surface area (TPSA) is 53.2 Å². The normalized spacial score (nSPS) is 17.9. The molecule has 120 valence electrons. The second-order valence-electron chi connectivity index (χ2n) is 5.71. The Morgan fingerprint density at radius 2 is 1.88 bits per heavy atom. The zero-order valence-electron chi connectivity index (χ0n) is 12.4. The Balaban J connectivity index is 1.76. The third kappa shape index (κ3) is 2.30. The zero-order chi connectivity index (χ0) is 16.8. The van der Waals surface area contributed by atoms with Gasteiger partial charge in [-0.3, -0.25) is 9.59 Å². The highest BCUT2D eigenvalue weighted by Crippen LogP contribution is 2.39. The molecule has 2 amide bonds. The van der Waals surface area contributed by atoms with Crippen molar-refractivity contribution in [3.63, 3.8) is 0 Å². The molecular weight excluding hydrogens is 347 g/mol. The summed E-state index contributed by atoms with van der Waals surface area (Å²) in [5, 5.41) is 1.69. The molecule has 1 fully saturated rings. The molecule has 0 radical (unpaired) electrons. The summed E-state index contributed by atoms with van der Waals surface area (Å²) in [6.07, 6.45) is 1.92. The summed E-state index contributed by atoms with van der Waals surface area (Å²) in [6.45, 7) is 0. The largest absolute Gasteiger partial charge is 0.361 e. The maximum atomic E-state index is 12.9. The third-order valence-electron chi connectivity index (χ3n) is 4.29. The van der Waals surface area contributed by atoms with Gasteiger partial charge in [0.15, 0.2) is 0 Å². The minimum absolute atomic E-state index is 0.125. The van der Waals surface area contributed by atoms with Crippen molar-refractivity contribution in [3.8, 4) is 0 Å². The van der Waals surface area contributed by atoms with Gasteiger partial charge in [-0.1, -0.05) is 41.4 Å². The van der Waals surface area contributed by atoms with E-state index in [1.54, 1.807) is 18.3 Å². The van der Waals surface area contributed by atoms with E-state index in [-0.39, 0.29) is 23.3 Å². The van der Waals surface area contributed by atoms with Crippen LogP contribution in [0.25, 0.3) is 10.9 Å². The molecule has 3 aromatic rings. The van der Waals surface area contributed by atoms with Crippen LogP contribution in [0.15, 0.2) is 48.7 Å². The fraction of sp³-hybridized carbons (Fsp3) is 0.111. The summed E-state index contributed by atoms with van der Waals surface area (Å²) >= 11 is 12.1. The van der Waals surface area contributed by atoms with Gasteiger partial charge in [-0.2, -0.15) is 0 Å². The van der Waals surface area contributed by atoms with E-state index in [0.29, 0.717) is 10.7 Å². The quantitative estimate of drug-likeness (QED) is 0.684. The molecule has 1 atom stereocenters. The minimum atomic E-state index is -0.514. The van der Waals surface area contributed by atoms with Gasteiger partial charge in [0.25, 0.3) is 0 Å². The monoisotopic (exact) mass is 358 g/mol. The van der Waals surface area contributed by atoms with Gasteiger partial charge in [0.1, 0.15) is 0 Å². The number of hydrogen-bond acceptors (Lipinski definition) is 2. The molecule has 0 bridgehead atoms. The van der Waals surface area contributed by atoms with Crippen LogP contribution in [0.2, 0.25) is 10.0 Å². The molecule has 6 heteroatoms. The van der Waals surface area contributed by atoms with E-state index >= 15 is 0 Å².